The molecule has 1 aromatic carbocycles. The first-order valence-electron chi connectivity index (χ1n) is 4.67. The van der Waals surface area contributed by atoms with Gasteiger partial charge in [-0.25, -0.2) is 0 Å². The molecule has 0 saturated carbocycles. The van der Waals surface area contributed by atoms with Crippen LogP contribution in [0.25, 0.3) is 0 Å². The highest BCUT2D eigenvalue weighted by Gasteiger charge is 2.09. The lowest BCUT2D eigenvalue weighted by Crippen LogP contribution is -1.98. The first-order chi connectivity index (χ1) is 8.08. The third kappa shape index (κ3) is 3.16. The maximum absolute atomic E-state index is 5.88. The SMILES string of the molecule is Nc1cc(Cl)cc(Br)c1OCc1sccc1Br. The quantitative estimate of drug-likeness (QED) is 0.733. The summed E-state index contributed by atoms with van der Waals surface area (Å²) < 4.78 is 7.50. The molecule has 0 atom stereocenters. The zero-order chi connectivity index (χ0) is 12.4. The van der Waals surface area contributed by atoms with E-state index in [1.54, 1.807) is 23.5 Å². The molecule has 1 aromatic heterocycles. The van der Waals surface area contributed by atoms with Crippen LogP contribution in [-0.2, 0) is 6.61 Å². The standard InChI is InChI=1S/C11H8Br2ClNOS/c12-7-1-2-17-10(7)5-16-11-8(13)3-6(14)4-9(11)15/h1-4H,5,15H2. The summed E-state index contributed by atoms with van der Waals surface area (Å²) >= 11 is 14.3. The molecule has 2 nitrogen and oxygen atoms in total. The van der Waals surface area contributed by atoms with Crippen LogP contribution in [0.1, 0.15) is 4.88 Å². The lowest BCUT2D eigenvalue weighted by molar-refractivity contribution is 0.309. The highest BCUT2D eigenvalue weighted by Crippen LogP contribution is 2.35. The number of anilines is 1. The van der Waals surface area contributed by atoms with Gasteiger partial charge in [-0.2, -0.15) is 0 Å². The van der Waals surface area contributed by atoms with E-state index in [0.29, 0.717) is 23.1 Å². The summed E-state index contributed by atoms with van der Waals surface area (Å²) in [7, 11) is 0. The second kappa shape index (κ2) is 5.61. The zero-order valence-electron chi connectivity index (χ0n) is 8.54. The molecule has 2 aromatic rings. The van der Waals surface area contributed by atoms with Gasteiger partial charge in [0.05, 0.1) is 15.0 Å². The second-order valence-electron chi connectivity index (χ2n) is 3.29. The first kappa shape index (κ1) is 13.2. The monoisotopic (exact) mass is 395 g/mol. The van der Waals surface area contributed by atoms with Crippen LogP contribution < -0.4 is 10.5 Å². The summed E-state index contributed by atoms with van der Waals surface area (Å²) in [5, 5.41) is 2.59. The number of hydrogen-bond donors (Lipinski definition) is 1. The first-order valence-corrected chi connectivity index (χ1v) is 7.51. The average Bonchev–Trinajstić information content (AvgIpc) is 2.62. The molecule has 0 unspecified atom stereocenters. The molecule has 0 amide bonds. The van der Waals surface area contributed by atoms with Crippen LogP contribution in [0.4, 0.5) is 5.69 Å². The molecule has 2 rings (SSSR count). The van der Waals surface area contributed by atoms with Crippen molar-refractivity contribution in [1.29, 1.82) is 0 Å². The van der Waals surface area contributed by atoms with E-state index in [0.717, 1.165) is 13.8 Å². The van der Waals surface area contributed by atoms with Crippen molar-refractivity contribution in [2.24, 2.45) is 0 Å². The highest BCUT2D eigenvalue weighted by atomic mass is 79.9. The van der Waals surface area contributed by atoms with Crippen molar-refractivity contribution in [2.75, 3.05) is 5.73 Å². The van der Waals surface area contributed by atoms with Gasteiger partial charge in [0.1, 0.15) is 6.61 Å². The molecule has 0 fully saturated rings. The molecule has 0 bridgehead atoms. The van der Waals surface area contributed by atoms with E-state index >= 15 is 0 Å². The minimum absolute atomic E-state index is 0.475. The van der Waals surface area contributed by atoms with E-state index < -0.39 is 0 Å². The van der Waals surface area contributed by atoms with Gasteiger partial charge in [-0.15, -0.1) is 11.3 Å². The number of halogens is 3. The van der Waals surface area contributed by atoms with Gasteiger partial charge in [-0.1, -0.05) is 11.6 Å². The number of nitrogens with two attached hydrogens (primary N) is 1. The maximum atomic E-state index is 5.88. The van der Waals surface area contributed by atoms with Crippen LogP contribution in [0, 0.1) is 0 Å². The van der Waals surface area contributed by atoms with Gasteiger partial charge in [0, 0.05) is 9.50 Å². The molecule has 0 aliphatic heterocycles. The number of benzene rings is 1. The molecular formula is C11H8Br2ClNOS. The van der Waals surface area contributed by atoms with Crippen molar-refractivity contribution in [1.82, 2.24) is 0 Å². The van der Waals surface area contributed by atoms with Crippen LogP contribution in [0.5, 0.6) is 5.75 Å². The van der Waals surface area contributed by atoms with Crippen molar-refractivity contribution in [3.63, 3.8) is 0 Å². The molecule has 0 radical (unpaired) electrons. The lowest BCUT2D eigenvalue weighted by atomic mass is 10.3. The van der Waals surface area contributed by atoms with Gasteiger partial charge in [0.15, 0.2) is 5.75 Å². The highest BCUT2D eigenvalue weighted by molar-refractivity contribution is 9.10. The van der Waals surface area contributed by atoms with Crippen LogP contribution in [-0.4, -0.2) is 0 Å². The van der Waals surface area contributed by atoms with Gasteiger partial charge >= 0.3 is 0 Å². The van der Waals surface area contributed by atoms with Gasteiger partial charge in [0.25, 0.3) is 0 Å². The van der Waals surface area contributed by atoms with Crippen molar-refractivity contribution in [3.05, 3.63) is 42.4 Å². The van der Waals surface area contributed by atoms with Crippen LogP contribution in [0.3, 0.4) is 0 Å². The number of rotatable bonds is 3. The minimum atomic E-state index is 0.475. The van der Waals surface area contributed by atoms with E-state index in [-0.39, 0.29) is 0 Å². The number of nitrogen functional groups attached to an aromatic ring is 1. The third-order valence-corrected chi connectivity index (χ3v) is 4.78. The van der Waals surface area contributed by atoms with Gasteiger partial charge in [-0.05, 0) is 55.4 Å². The Balaban J connectivity index is 2.17. The van der Waals surface area contributed by atoms with E-state index in [1.807, 2.05) is 11.4 Å². The second-order valence-corrected chi connectivity index (χ2v) is 6.43. The van der Waals surface area contributed by atoms with Gasteiger partial charge in [0.2, 0.25) is 0 Å². The predicted octanol–water partition coefficient (Wildman–Crippen LogP) is 5.09. The smallest absolute Gasteiger partial charge is 0.156 e. The van der Waals surface area contributed by atoms with E-state index in [2.05, 4.69) is 31.9 Å². The van der Waals surface area contributed by atoms with Crippen molar-refractivity contribution < 1.29 is 4.74 Å². The molecule has 0 aliphatic rings. The topological polar surface area (TPSA) is 35.2 Å². The molecule has 1 heterocycles. The fourth-order valence-electron chi connectivity index (χ4n) is 1.30. The Kier molecular flexibility index (Phi) is 4.36. The van der Waals surface area contributed by atoms with Crippen molar-refractivity contribution in [3.8, 4) is 5.75 Å². The summed E-state index contributed by atoms with van der Waals surface area (Å²) in [6.45, 7) is 0.475. The van der Waals surface area contributed by atoms with Gasteiger partial charge in [-0.3, -0.25) is 0 Å². The fraction of sp³-hybridized carbons (Fsp3) is 0.0909. The summed E-state index contributed by atoms with van der Waals surface area (Å²) in [4.78, 5) is 1.12. The van der Waals surface area contributed by atoms with Crippen LogP contribution >= 0.6 is 54.8 Å². The summed E-state index contributed by atoms with van der Waals surface area (Å²) in [6, 6.07) is 5.42. The predicted molar refractivity (Wildman–Crippen MR) is 79.9 cm³/mol. The molecule has 2 N–H and O–H groups in total. The van der Waals surface area contributed by atoms with Crippen LogP contribution in [0.15, 0.2) is 32.5 Å². The maximum Gasteiger partial charge on any atom is 0.156 e. The fourth-order valence-corrected chi connectivity index (χ4v) is 3.62. The molecule has 90 valence electrons. The zero-order valence-corrected chi connectivity index (χ0v) is 13.3. The van der Waals surface area contributed by atoms with Gasteiger partial charge < -0.3 is 10.5 Å². The summed E-state index contributed by atoms with van der Waals surface area (Å²) in [6.07, 6.45) is 0. The van der Waals surface area contributed by atoms with E-state index in [9.17, 15) is 0 Å². The van der Waals surface area contributed by atoms with E-state index in [1.165, 1.54) is 0 Å². The molecule has 0 saturated heterocycles. The summed E-state index contributed by atoms with van der Waals surface area (Å²) in [5.74, 6) is 0.620. The third-order valence-electron chi connectivity index (χ3n) is 2.08. The molecule has 17 heavy (non-hydrogen) atoms. The lowest BCUT2D eigenvalue weighted by Gasteiger charge is -2.10. The Hall–Kier alpha value is -0.230. The normalized spacial score (nSPS) is 10.5. The molecular weight excluding hydrogens is 389 g/mol. The number of thiophene rings is 1. The molecule has 6 heteroatoms. The van der Waals surface area contributed by atoms with Crippen LogP contribution in [0.2, 0.25) is 5.02 Å². The Morgan fingerprint density at radius 2 is 2.06 bits per heavy atom. The number of ether oxygens (including phenoxy) is 1. The Morgan fingerprint density at radius 3 is 2.65 bits per heavy atom. The Bertz CT molecular complexity index is 521. The minimum Gasteiger partial charge on any atom is -0.485 e. The molecule has 0 aliphatic carbocycles. The van der Waals surface area contributed by atoms with Crippen molar-refractivity contribution >= 4 is 60.5 Å². The Morgan fingerprint density at radius 1 is 1.29 bits per heavy atom. The molecule has 0 spiro atoms. The van der Waals surface area contributed by atoms with Crippen molar-refractivity contribution in [2.45, 2.75) is 6.61 Å². The summed E-state index contributed by atoms with van der Waals surface area (Å²) in [5.41, 5.74) is 6.38. The Labute approximate surface area is 125 Å². The van der Waals surface area contributed by atoms with E-state index in [4.69, 9.17) is 22.1 Å². The number of hydrogen-bond acceptors (Lipinski definition) is 3. The largest absolute Gasteiger partial charge is 0.485 e. The average molecular weight is 398 g/mol.